The van der Waals surface area contributed by atoms with Crippen LogP contribution in [0.5, 0.6) is 0 Å². The minimum atomic E-state index is -0.270. The Morgan fingerprint density at radius 2 is 1.82 bits per heavy atom. The molecule has 1 heterocycles. The summed E-state index contributed by atoms with van der Waals surface area (Å²) in [6.07, 6.45) is 1.94. The van der Waals surface area contributed by atoms with Gasteiger partial charge in [-0.15, -0.1) is 0 Å². The number of esters is 1. The fourth-order valence-corrected chi connectivity index (χ4v) is 2.39. The van der Waals surface area contributed by atoms with Gasteiger partial charge < -0.3 is 4.74 Å². The van der Waals surface area contributed by atoms with Gasteiger partial charge in [-0.1, -0.05) is 48.0 Å². The Morgan fingerprint density at radius 1 is 1.05 bits per heavy atom. The van der Waals surface area contributed by atoms with Crippen molar-refractivity contribution < 1.29 is 9.53 Å². The lowest BCUT2D eigenvalue weighted by molar-refractivity contribution is -0.144. The van der Waals surface area contributed by atoms with Gasteiger partial charge >= 0.3 is 5.97 Å². The molecule has 0 aliphatic carbocycles. The maximum atomic E-state index is 12.0. The van der Waals surface area contributed by atoms with Crippen LogP contribution in [0.25, 0.3) is 10.9 Å². The van der Waals surface area contributed by atoms with E-state index in [1.54, 1.807) is 18.3 Å². The molecule has 0 amide bonds. The number of halogens is 1. The number of carbonyl (C=O) groups is 1. The molecule has 0 aliphatic rings. The molecule has 0 spiro atoms. The summed E-state index contributed by atoms with van der Waals surface area (Å²) in [5, 5.41) is 1.68. The smallest absolute Gasteiger partial charge is 0.310 e. The first kappa shape index (κ1) is 14.5. The second-order valence-corrected chi connectivity index (χ2v) is 5.39. The van der Waals surface area contributed by atoms with Crippen molar-refractivity contribution in [1.29, 1.82) is 0 Å². The minimum Gasteiger partial charge on any atom is -0.461 e. The number of rotatable bonds is 4. The Morgan fingerprint density at radius 3 is 2.64 bits per heavy atom. The van der Waals surface area contributed by atoms with Gasteiger partial charge in [0.15, 0.2) is 0 Å². The molecule has 3 rings (SSSR count). The van der Waals surface area contributed by atoms with Crippen LogP contribution in [-0.4, -0.2) is 11.0 Å². The molecule has 2 aromatic carbocycles. The number of hydrogen-bond acceptors (Lipinski definition) is 3. The molecule has 1 aromatic heterocycles. The van der Waals surface area contributed by atoms with E-state index < -0.39 is 0 Å². The van der Waals surface area contributed by atoms with Crippen LogP contribution in [0.15, 0.2) is 60.8 Å². The summed E-state index contributed by atoms with van der Waals surface area (Å²) >= 11 is 5.82. The van der Waals surface area contributed by atoms with Crippen molar-refractivity contribution in [3.05, 3.63) is 76.9 Å². The molecule has 0 unspecified atom stereocenters. The van der Waals surface area contributed by atoms with Gasteiger partial charge in [-0.2, -0.15) is 0 Å². The number of hydrogen-bond donors (Lipinski definition) is 0. The molecule has 0 saturated carbocycles. The van der Waals surface area contributed by atoms with E-state index in [2.05, 4.69) is 4.98 Å². The van der Waals surface area contributed by atoms with Gasteiger partial charge in [-0.05, 0) is 29.3 Å². The molecule has 0 N–H and O–H groups in total. The predicted octanol–water partition coefficient (Wildman–Crippen LogP) is 4.17. The topological polar surface area (TPSA) is 39.2 Å². The van der Waals surface area contributed by atoms with Gasteiger partial charge in [-0.3, -0.25) is 9.78 Å². The Kier molecular flexibility index (Phi) is 4.35. The number of fused-ring (bicyclic) bond motifs is 1. The van der Waals surface area contributed by atoms with Crippen LogP contribution in [0.4, 0.5) is 0 Å². The molecule has 0 bridgehead atoms. The van der Waals surface area contributed by atoms with Crippen LogP contribution in [0, 0.1) is 0 Å². The third kappa shape index (κ3) is 3.43. The van der Waals surface area contributed by atoms with Gasteiger partial charge in [0, 0.05) is 16.6 Å². The van der Waals surface area contributed by atoms with Gasteiger partial charge in [-0.25, -0.2) is 0 Å². The lowest BCUT2D eigenvalue weighted by Crippen LogP contribution is -2.08. The van der Waals surface area contributed by atoms with Gasteiger partial charge in [0.2, 0.25) is 0 Å². The zero-order valence-electron chi connectivity index (χ0n) is 11.8. The number of para-hydroxylation sites is 1. The lowest BCUT2D eigenvalue weighted by atomic mass is 10.1. The Hall–Kier alpha value is -2.39. The van der Waals surface area contributed by atoms with Gasteiger partial charge in [0.1, 0.15) is 6.61 Å². The number of pyridine rings is 1. The highest BCUT2D eigenvalue weighted by atomic mass is 35.5. The predicted molar refractivity (Wildman–Crippen MR) is 86.7 cm³/mol. The maximum Gasteiger partial charge on any atom is 0.310 e. The van der Waals surface area contributed by atoms with Crippen LogP contribution < -0.4 is 0 Å². The van der Waals surface area contributed by atoms with Crippen molar-refractivity contribution in [2.75, 3.05) is 0 Å². The number of carbonyl (C=O) groups excluding carboxylic acids is 1. The molecule has 22 heavy (non-hydrogen) atoms. The molecule has 4 heteroatoms. The number of nitrogens with zero attached hydrogens (tertiary/aromatic N) is 1. The fourth-order valence-electron chi connectivity index (χ4n) is 2.26. The maximum absolute atomic E-state index is 12.0. The fraction of sp³-hybridized carbons (Fsp3) is 0.111. The third-order valence-corrected chi connectivity index (χ3v) is 3.62. The molecule has 3 nitrogen and oxygen atoms in total. The molecule has 0 saturated heterocycles. The Labute approximate surface area is 133 Å². The number of aromatic nitrogens is 1. The zero-order valence-corrected chi connectivity index (χ0v) is 12.6. The van der Waals surface area contributed by atoms with E-state index in [1.807, 2.05) is 42.5 Å². The Bertz CT molecular complexity index is 794. The van der Waals surface area contributed by atoms with E-state index in [-0.39, 0.29) is 19.0 Å². The normalized spacial score (nSPS) is 10.6. The van der Waals surface area contributed by atoms with E-state index in [1.165, 1.54) is 0 Å². The van der Waals surface area contributed by atoms with Crippen LogP contribution in [0.1, 0.15) is 11.1 Å². The van der Waals surface area contributed by atoms with E-state index in [0.29, 0.717) is 5.02 Å². The summed E-state index contributed by atoms with van der Waals surface area (Å²) in [7, 11) is 0. The second-order valence-electron chi connectivity index (χ2n) is 4.96. The van der Waals surface area contributed by atoms with Crippen molar-refractivity contribution in [3.8, 4) is 0 Å². The standard InChI is InChI=1S/C18H14ClNO2/c19-16-8-6-13(7-9-16)12-22-17(21)11-15-4-1-3-14-5-2-10-20-18(14)15/h1-10H,11-12H2. The van der Waals surface area contributed by atoms with Crippen LogP contribution >= 0.6 is 11.6 Å². The van der Waals surface area contributed by atoms with E-state index in [9.17, 15) is 4.79 Å². The minimum absolute atomic E-state index is 0.210. The average molecular weight is 312 g/mol. The highest BCUT2D eigenvalue weighted by Crippen LogP contribution is 2.17. The van der Waals surface area contributed by atoms with E-state index >= 15 is 0 Å². The largest absolute Gasteiger partial charge is 0.461 e. The van der Waals surface area contributed by atoms with Crippen molar-refractivity contribution in [3.63, 3.8) is 0 Å². The lowest BCUT2D eigenvalue weighted by Gasteiger charge is -2.07. The van der Waals surface area contributed by atoms with Crippen LogP contribution in [-0.2, 0) is 22.6 Å². The molecule has 0 atom stereocenters. The highest BCUT2D eigenvalue weighted by molar-refractivity contribution is 6.30. The van der Waals surface area contributed by atoms with E-state index in [4.69, 9.17) is 16.3 Å². The summed E-state index contributed by atoms with van der Waals surface area (Å²) in [6, 6.07) is 16.9. The first-order chi connectivity index (χ1) is 10.7. The van der Waals surface area contributed by atoms with Crippen LogP contribution in [0.3, 0.4) is 0 Å². The SMILES string of the molecule is O=C(Cc1cccc2cccnc12)OCc1ccc(Cl)cc1. The van der Waals surface area contributed by atoms with E-state index in [0.717, 1.165) is 22.0 Å². The first-order valence-electron chi connectivity index (χ1n) is 6.95. The monoisotopic (exact) mass is 311 g/mol. The summed E-state index contributed by atoms with van der Waals surface area (Å²) in [4.78, 5) is 16.4. The number of ether oxygens (including phenoxy) is 1. The van der Waals surface area contributed by atoms with Crippen LogP contribution in [0.2, 0.25) is 5.02 Å². The molecular weight excluding hydrogens is 298 g/mol. The summed E-state index contributed by atoms with van der Waals surface area (Å²) in [6.45, 7) is 0.244. The quantitative estimate of drug-likeness (QED) is 0.679. The Balaban J connectivity index is 1.67. The second kappa shape index (κ2) is 6.58. The molecule has 3 aromatic rings. The molecular formula is C18H14ClNO2. The average Bonchev–Trinajstić information content (AvgIpc) is 2.55. The van der Waals surface area contributed by atoms with Gasteiger partial charge in [0.25, 0.3) is 0 Å². The number of benzene rings is 2. The van der Waals surface area contributed by atoms with Gasteiger partial charge in [0.05, 0.1) is 11.9 Å². The zero-order chi connectivity index (χ0) is 15.4. The molecule has 0 aliphatic heterocycles. The van der Waals surface area contributed by atoms with Crippen molar-refractivity contribution in [2.24, 2.45) is 0 Å². The summed E-state index contributed by atoms with van der Waals surface area (Å²) < 4.78 is 5.31. The van der Waals surface area contributed by atoms with Crippen molar-refractivity contribution in [2.45, 2.75) is 13.0 Å². The first-order valence-corrected chi connectivity index (χ1v) is 7.33. The molecule has 0 fully saturated rings. The highest BCUT2D eigenvalue weighted by Gasteiger charge is 2.09. The van der Waals surface area contributed by atoms with Crippen molar-refractivity contribution in [1.82, 2.24) is 4.98 Å². The summed E-state index contributed by atoms with van der Waals surface area (Å²) in [5.41, 5.74) is 2.63. The molecule has 110 valence electrons. The summed E-state index contributed by atoms with van der Waals surface area (Å²) in [5.74, 6) is -0.270. The molecule has 0 radical (unpaired) electrons. The van der Waals surface area contributed by atoms with Crippen molar-refractivity contribution >= 4 is 28.5 Å². The third-order valence-electron chi connectivity index (χ3n) is 3.36.